The third-order valence-electron chi connectivity index (χ3n) is 8.20. The quantitative estimate of drug-likeness (QED) is 0.175. The lowest BCUT2D eigenvalue weighted by Crippen LogP contribution is -2.24. The van der Waals surface area contributed by atoms with Crippen LogP contribution < -0.4 is 5.73 Å². The normalized spacial score (nSPS) is 17.2. The van der Waals surface area contributed by atoms with Crippen molar-refractivity contribution >= 4 is 112 Å². The summed E-state index contributed by atoms with van der Waals surface area (Å²) in [6, 6.07) is 11.1. The molecular formula is C29H14N6O4S4. The van der Waals surface area contributed by atoms with Gasteiger partial charge in [-0.2, -0.15) is 17.5 Å². The maximum atomic E-state index is 12.8. The number of benzene rings is 3. The van der Waals surface area contributed by atoms with Crippen LogP contribution in [0.2, 0.25) is 0 Å². The minimum absolute atomic E-state index is 0.00305. The molecule has 14 heteroatoms. The molecule has 10 nitrogen and oxygen atoms in total. The Kier molecular flexibility index (Phi) is 5.04. The highest BCUT2D eigenvalue weighted by molar-refractivity contribution is 7.58. The average molecular weight is 639 g/mol. The minimum Gasteiger partial charge on any atom is -0.329 e. The van der Waals surface area contributed by atoms with E-state index in [4.69, 9.17) is 5.73 Å². The number of carbonyl (C=O) groups excluding carboxylic acids is 4. The number of hydrogen-bond acceptors (Lipinski definition) is 12. The molecular weight excluding hydrogens is 625 g/mol. The van der Waals surface area contributed by atoms with Crippen LogP contribution in [0.5, 0.6) is 0 Å². The lowest BCUT2D eigenvalue weighted by atomic mass is 9.99. The van der Waals surface area contributed by atoms with Crippen molar-refractivity contribution in [2.75, 3.05) is 13.6 Å². The second-order valence-electron chi connectivity index (χ2n) is 10.5. The number of hydrogen-bond donors (Lipinski definition) is 1. The Morgan fingerprint density at radius 1 is 0.721 bits per heavy atom. The summed E-state index contributed by atoms with van der Waals surface area (Å²) < 4.78 is 20.5. The van der Waals surface area contributed by atoms with Gasteiger partial charge in [0.05, 0.1) is 40.1 Å². The summed E-state index contributed by atoms with van der Waals surface area (Å²) in [7, 11) is 1.49. The Morgan fingerprint density at radius 2 is 1.21 bits per heavy atom. The number of carbonyl (C=O) groups is 4. The number of thiophene rings is 2. The van der Waals surface area contributed by atoms with E-state index in [0.29, 0.717) is 44.7 Å². The van der Waals surface area contributed by atoms with Crippen LogP contribution in [0.4, 0.5) is 11.4 Å². The molecule has 3 aromatic heterocycles. The molecule has 1 aliphatic carbocycles. The van der Waals surface area contributed by atoms with E-state index in [1.54, 1.807) is 24.3 Å². The lowest BCUT2D eigenvalue weighted by molar-refractivity contribution is 0.0691. The van der Waals surface area contributed by atoms with Gasteiger partial charge in [-0.25, -0.2) is 0 Å². The van der Waals surface area contributed by atoms with Gasteiger partial charge in [0.25, 0.3) is 11.8 Å². The maximum Gasteiger partial charge on any atom is 0.261 e. The van der Waals surface area contributed by atoms with Crippen LogP contribution in [0.25, 0.3) is 52.1 Å². The van der Waals surface area contributed by atoms with Gasteiger partial charge in [0.2, 0.25) is 0 Å². The molecule has 0 saturated heterocycles. The van der Waals surface area contributed by atoms with E-state index in [-0.39, 0.29) is 29.9 Å². The molecule has 0 bridgehead atoms. The molecule has 208 valence electrons. The van der Waals surface area contributed by atoms with Crippen molar-refractivity contribution < 1.29 is 19.2 Å². The molecule has 2 N–H and O–H groups in total. The fraction of sp³-hybridized carbons (Fsp3) is 0.103. The van der Waals surface area contributed by atoms with E-state index in [9.17, 15) is 19.2 Å². The van der Waals surface area contributed by atoms with Gasteiger partial charge in [0.15, 0.2) is 11.6 Å². The zero-order valence-corrected chi connectivity index (χ0v) is 25.1. The van der Waals surface area contributed by atoms with E-state index in [0.717, 1.165) is 69.0 Å². The number of aromatic nitrogens is 2. The zero-order chi connectivity index (χ0) is 29.3. The van der Waals surface area contributed by atoms with Gasteiger partial charge in [-0.15, -0.1) is 22.7 Å². The molecule has 0 saturated carbocycles. The lowest BCUT2D eigenvalue weighted by Gasteiger charge is -2.09. The molecule has 0 spiro atoms. The number of ketones is 2. The number of imide groups is 1. The summed E-state index contributed by atoms with van der Waals surface area (Å²) in [5.74, 6) is -1.88. The fourth-order valence-corrected chi connectivity index (χ4v) is 9.45. The summed E-state index contributed by atoms with van der Waals surface area (Å²) >= 11 is 5.19. The highest BCUT2D eigenvalue weighted by Gasteiger charge is 2.38. The van der Waals surface area contributed by atoms with Gasteiger partial charge in [-0.1, -0.05) is 0 Å². The predicted molar refractivity (Wildman–Crippen MR) is 168 cm³/mol. The number of nitrogens with zero attached hydrogens (tertiary/aromatic N) is 5. The Hall–Kier alpha value is -4.34. The Balaban J connectivity index is 1.23. The number of fused-ring (bicyclic) bond motifs is 6. The Labute approximate surface area is 257 Å². The maximum absolute atomic E-state index is 12.8. The summed E-state index contributed by atoms with van der Waals surface area (Å²) in [6.07, 6.45) is 0. The first-order chi connectivity index (χ1) is 20.8. The van der Waals surface area contributed by atoms with E-state index in [2.05, 4.69) is 17.5 Å². The molecule has 2 amide bonds. The summed E-state index contributed by atoms with van der Waals surface area (Å²) in [4.78, 5) is 53.7. The molecule has 3 aromatic carbocycles. The molecule has 1 unspecified atom stereocenters. The highest BCUT2D eigenvalue weighted by Crippen LogP contribution is 2.55. The van der Waals surface area contributed by atoms with E-state index < -0.39 is 5.92 Å². The third kappa shape index (κ3) is 3.24. The van der Waals surface area contributed by atoms with Crippen LogP contribution in [0.3, 0.4) is 0 Å². The second-order valence-corrected chi connectivity index (χ2v) is 13.7. The van der Waals surface area contributed by atoms with Crippen molar-refractivity contribution in [2.45, 2.75) is 0 Å². The number of nitrogens with two attached hydrogens (primary N) is 1. The Morgan fingerprint density at radius 3 is 1.77 bits per heavy atom. The first-order valence-electron chi connectivity index (χ1n) is 13.0. The van der Waals surface area contributed by atoms with E-state index >= 15 is 0 Å². The topological polar surface area (TPSA) is 148 Å². The smallest absolute Gasteiger partial charge is 0.261 e. The highest BCUT2D eigenvalue weighted by atomic mass is 32.1. The summed E-state index contributed by atoms with van der Waals surface area (Å²) in [5, 5.41) is 1.70. The minimum atomic E-state index is -0.808. The molecule has 2 aliphatic heterocycles. The first kappa shape index (κ1) is 25.2. The van der Waals surface area contributed by atoms with E-state index in [1.807, 2.05) is 12.1 Å². The van der Waals surface area contributed by atoms with Gasteiger partial charge in [-0.05, 0) is 47.2 Å². The van der Waals surface area contributed by atoms with Gasteiger partial charge >= 0.3 is 0 Å². The molecule has 0 fully saturated rings. The average Bonchev–Trinajstić information content (AvgIpc) is 3.85. The standard InChI is InChI=1S/C29H14N6O4S4/c1-35-28(38)13-3-10-5-19(41-17(10)7-14(13)29(35)39)21-24-22(31-42-33-24)20(23-25(21)34-43-32-23)18-4-9-2-11-12(6-16(9)40-18)27(37)15(8-30)26(11)36/h2-7,15H,8,30H2,1H3. The molecule has 5 heterocycles. The van der Waals surface area contributed by atoms with Crippen molar-refractivity contribution in [1.82, 2.24) is 13.6 Å². The monoisotopic (exact) mass is 638 g/mol. The van der Waals surface area contributed by atoms with Crippen LogP contribution in [0.1, 0.15) is 41.4 Å². The van der Waals surface area contributed by atoms with Crippen LogP contribution in [0.15, 0.2) is 45.1 Å². The predicted octanol–water partition coefficient (Wildman–Crippen LogP) is 6.36. The molecule has 43 heavy (non-hydrogen) atoms. The SMILES string of the molecule is CN1C(=O)c2cc3cc(-c4c5c(c(-c6cc7cc8c(cc7s6)C(=O)C(CN)C8=O)c6nsnc46)N=S=N5)sc3cc2C1=O. The van der Waals surface area contributed by atoms with Crippen LogP contribution in [-0.4, -0.2) is 50.6 Å². The fourth-order valence-electron chi connectivity index (χ4n) is 6.07. The van der Waals surface area contributed by atoms with Crippen LogP contribution >= 0.6 is 34.4 Å². The molecule has 1 atom stereocenters. The van der Waals surface area contributed by atoms with Crippen LogP contribution in [-0.2, 0) is 11.4 Å². The number of Topliss-reactive ketones (excluding diaryl/α,β-unsaturated/α-hetero) is 2. The number of rotatable bonds is 3. The van der Waals surface area contributed by atoms with Gasteiger partial charge < -0.3 is 5.73 Å². The van der Waals surface area contributed by atoms with Gasteiger partial charge in [0.1, 0.15) is 22.4 Å². The van der Waals surface area contributed by atoms with Crippen molar-refractivity contribution in [3.63, 3.8) is 0 Å². The van der Waals surface area contributed by atoms with Crippen LogP contribution in [0, 0.1) is 5.92 Å². The first-order valence-corrected chi connectivity index (χ1v) is 16.1. The second kappa shape index (κ2) is 8.61. The summed E-state index contributed by atoms with van der Waals surface area (Å²) in [6.45, 7) is -0.00305. The molecule has 0 radical (unpaired) electrons. The van der Waals surface area contributed by atoms with Crippen molar-refractivity contribution in [2.24, 2.45) is 20.4 Å². The molecule has 9 rings (SSSR count). The van der Waals surface area contributed by atoms with Crippen molar-refractivity contribution in [3.8, 4) is 20.9 Å². The van der Waals surface area contributed by atoms with Crippen molar-refractivity contribution in [3.05, 3.63) is 58.7 Å². The molecule has 6 aromatic rings. The molecule has 3 aliphatic rings. The van der Waals surface area contributed by atoms with Gasteiger partial charge in [-0.3, -0.25) is 24.1 Å². The summed E-state index contributed by atoms with van der Waals surface area (Å²) in [5.41, 5.74) is 11.7. The zero-order valence-electron chi connectivity index (χ0n) is 21.8. The van der Waals surface area contributed by atoms with Gasteiger partial charge in [0, 0.05) is 55.0 Å². The third-order valence-corrected chi connectivity index (χ3v) is 11.5. The Bertz CT molecular complexity index is 2340. The number of amides is 2. The van der Waals surface area contributed by atoms with E-state index in [1.165, 1.54) is 29.7 Å². The largest absolute Gasteiger partial charge is 0.329 e. The van der Waals surface area contributed by atoms with Crippen molar-refractivity contribution in [1.29, 1.82) is 0 Å².